The molecule has 0 aliphatic carbocycles. The summed E-state index contributed by atoms with van der Waals surface area (Å²) in [5, 5.41) is 10.6. The number of aromatic nitrogens is 2. The summed E-state index contributed by atoms with van der Waals surface area (Å²) in [4.78, 5) is 18.0. The topological polar surface area (TPSA) is 84.3 Å². The Morgan fingerprint density at radius 2 is 2.11 bits per heavy atom. The number of alkyl halides is 3. The van der Waals surface area contributed by atoms with Crippen LogP contribution in [0, 0.1) is 0 Å². The molecular formula is C10H12F3N3O3. The van der Waals surface area contributed by atoms with Gasteiger partial charge in [-0.05, 0) is 13.8 Å². The van der Waals surface area contributed by atoms with Crippen molar-refractivity contribution < 1.29 is 27.8 Å². The Morgan fingerprint density at radius 1 is 1.47 bits per heavy atom. The third-order valence-corrected chi connectivity index (χ3v) is 2.31. The van der Waals surface area contributed by atoms with Gasteiger partial charge in [-0.15, -0.1) is 0 Å². The number of hydrogen-bond donors (Lipinski definition) is 2. The van der Waals surface area contributed by atoms with Crippen LogP contribution in [0.3, 0.4) is 0 Å². The van der Waals surface area contributed by atoms with Crippen molar-refractivity contribution in [2.24, 2.45) is 0 Å². The summed E-state index contributed by atoms with van der Waals surface area (Å²) >= 11 is 0. The molecule has 0 spiro atoms. The normalized spacial score (nSPS) is 14.6. The molecule has 9 heteroatoms. The number of carboxylic acids is 1. The molecule has 2 N–H and O–H groups in total. The van der Waals surface area contributed by atoms with Crippen molar-refractivity contribution in [2.75, 3.05) is 11.9 Å². The average molecular weight is 279 g/mol. The number of nitrogens with zero attached hydrogens (tertiary/aromatic N) is 2. The molecule has 0 aliphatic rings. The monoisotopic (exact) mass is 279 g/mol. The molecule has 1 unspecified atom stereocenters. The predicted octanol–water partition coefficient (Wildman–Crippen LogP) is 1.69. The van der Waals surface area contributed by atoms with Gasteiger partial charge in [-0.3, -0.25) is 0 Å². The fourth-order valence-electron chi connectivity index (χ4n) is 1.14. The summed E-state index contributed by atoms with van der Waals surface area (Å²) < 4.78 is 43.3. The second kappa shape index (κ2) is 5.29. The van der Waals surface area contributed by atoms with Gasteiger partial charge in [0.15, 0.2) is 0 Å². The van der Waals surface area contributed by atoms with Crippen molar-refractivity contribution in [3.63, 3.8) is 0 Å². The van der Waals surface area contributed by atoms with E-state index < -0.39 is 17.7 Å². The number of nitrogens with one attached hydrogen (secondary N) is 1. The molecule has 1 aromatic heterocycles. The van der Waals surface area contributed by atoms with E-state index in [1.165, 1.54) is 0 Å². The minimum Gasteiger partial charge on any atom is -0.479 e. The van der Waals surface area contributed by atoms with Crippen LogP contribution in [0.5, 0.6) is 5.88 Å². The van der Waals surface area contributed by atoms with E-state index in [4.69, 9.17) is 9.84 Å². The molecule has 0 saturated heterocycles. The highest BCUT2D eigenvalue weighted by Gasteiger charge is 2.57. The van der Waals surface area contributed by atoms with Crippen LogP contribution in [-0.2, 0) is 4.79 Å². The van der Waals surface area contributed by atoms with Gasteiger partial charge >= 0.3 is 12.1 Å². The van der Waals surface area contributed by atoms with Crippen LogP contribution in [-0.4, -0.2) is 39.4 Å². The van der Waals surface area contributed by atoms with Gasteiger partial charge in [-0.2, -0.15) is 13.2 Å². The van der Waals surface area contributed by atoms with Crippen LogP contribution in [0.1, 0.15) is 13.8 Å². The standard InChI is InChI=1S/C10H12F3N3O3/c1-3-19-7-4-6(14-5-15-7)16-9(2,8(17)18)10(11,12)13/h4-5H,3H2,1-2H3,(H,17,18)(H,14,15,16). The van der Waals surface area contributed by atoms with E-state index in [0.29, 0.717) is 6.92 Å². The Labute approximate surface area is 106 Å². The number of carboxylic acid groups (broad SMARTS) is 1. The maximum Gasteiger partial charge on any atom is 0.422 e. The van der Waals surface area contributed by atoms with Gasteiger partial charge in [0, 0.05) is 6.07 Å². The zero-order valence-electron chi connectivity index (χ0n) is 10.2. The summed E-state index contributed by atoms with van der Waals surface area (Å²) in [5.74, 6) is -2.30. The first-order valence-corrected chi connectivity index (χ1v) is 5.24. The lowest BCUT2D eigenvalue weighted by atomic mass is 10.0. The number of ether oxygens (including phenoxy) is 1. The third kappa shape index (κ3) is 3.24. The average Bonchev–Trinajstić information content (AvgIpc) is 2.28. The lowest BCUT2D eigenvalue weighted by Gasteiger charge is -2.28. The van der Waals surface area contributed by atoms with E-state index in [0.717, 1.165) is 12.4 Å². The first kappa shape index (κ1) is 15.0. The number of anilines is 1. The van der Waals surface area contributed by atoms with Gasteiger partial charge in [0.2, 0.25) is 11.4 Å². The lowest BCUT2D eigenvalue weighted by Crippen LogP contribution is -2.55. The number of halogens is 3. The first-order valence-electron chi connectivity index (χ1n) is 5.24. The van der Waals surface area contributed by atoms with Gasteiger partial charge < -0.3 is 15.2 Å². The predicted molar refractivity (Wildman–Crippen MR) is 58.9 cm³/mol. The van der Waals surface area contributed by atoms with Crippen molar-refractivity contribution in [2.45, 2.75) is 25.6 Å². The van der Waals surface area contributed by atoms with Crippen LogP contribution in [0.2, 0.25) is 0 Å². The number of hydrogen-bond acceptors (Lipinski definition) is 5. The highest BCUT2D eigenvalue weighted by molar-refractivity contribution is 5.83. The molecule has 0 radical (unpaired) electrons. The van der Waals surface area contributed by atoms with Crippen molar-refractivity contribution >= 4 is 11.8 Å². The second-order valence-electron chi connectivity index (χ2n) is 3.73. The molecule has 1 heterocycles. The van der Waals surface area contributed by atoms with Crippen LogP contribution < -0.4 is 10.1 Å². The minimum atomic E-state index is -4.99. The van der Waals surface area contributed by atoms with Crippen molar-refractivity contribution in [1.82, 2.24) is 9.97 Å². The van der Waals surface area contributed by atoms with Gasteiger partial charge in [-0.1, -0.05) is 0 Å². The Kier molecular flexibility index (Phi) is 4.17. The van der Waals surface area contributed by atoms with Crippen molar-refractivity contribution in [3.05, 3.63) is 12.4 Å². The largest absolute Gasteiger partial charge is 0.479 e. The number of aliphatic carboxylic acids is 1. The molecule has 0 aliphatic heterocycles. The molecule has 0 fully saturated rings. The molecule has 19 heavy (non-hydrogen) atoms. The van der Waals surface area contributed by atoms with Crippen LogP contribution >= 0.6 is 0 Å². The molecule has 1 aromatic rings. The fraction of sp³-hybridized carbons (Fsp3) is 0.500. The first-order chi connectivity index (χ1) is 8.70. The Balaban J connectivity index is 3.04. The van der Waals surface area contributed by atoms with Gasteiger partial charge in [0.25, 0.3) is 0 Å². The maximum absolute atomic E-state index is 12.8. The molecule has 106 valence electrons. The summed E-state index contributed by atoms with van der Waals surface area (Å²) in [5.41, 5.74) is -3.15. The van der Waals surface area contributed by atoms with E-state index in [1.54, 1.807) is 6.92 Å². The Hall–Kier alpha value is -2.06. The molecule has 0 aromatic carbocycles. The van der Waals surface area contributed by atoms with E-state index in [2.05, 4.69) is 9.97 Å². The van der Waals surface area contributed by atoms with Crippen LogP contribution in [0.15, 0.2) is 12.4 Å². The highest BCUT2D eigenvalue weighted by Crippen LogP contribution is 2.33. The molecule has 0 bridgehead atoms. The zero-order chi connectivity index (χ0) is 14.7. The Bertz CT molecular complexity index is 467. The van der Waals surface area contributed by atoms with Crippen LogP contribution in [0.4, 0.5) is 19.0 Å². The number of carbonyl (C=O) groups is 1. The van der Waals surface area contributed by atoms with E-state index in [9.17, 15) is 18.0 Å². The summed E-state index contributed by atoms with van der Waals surface area (Å²) in [6.07, 6.45) is -4.01. The molecule has 6 nitrogen and oxygen atoms in total. The SMILES string of the molecule is CCOc1cc(NC(C)(C(=O)O)C(F)(F)F)ncn1. The summed E-state index contributed by atoms with van der Waals surface area (Å²) in [6.45, 7) is 2.45. The minimum absolute atomic E-state index is 0.0508. The maximum atomic E-state index is 12.8. The molecule has 1 atom stereocenters. The van der Waals surface area contributed by atoms with E-state index >= 15 is 0 Å². The molecule has 0 amide bonds. The molecule has 0 saturated carbocycles. The van der Waals surface area contributed by atoms with Gasteiger partial charge in [0.1, 0.15) is 12.1 Å². The summed E-state index contributed by atoms with van der Waals surface area (Å²) in [7, 11) is 0. The summed E-state index contributed by atoms with van der Waals surface area (Å²) in [6, 6.07) is 1.09. The zero-order valence-corrected chi connectivity index (χ0v) is 10.2. The molecule has 1 rings (SSSR count). The Morgan fingerprint density at radius 3 is 2.58 bits per heavy atom. The smallest absolute Gasteiger partial charge is 0.422 e. The molecular weight excluding hydrogens is 267 g/mol. The van der Waals surface area contributed by atoms with Gasteiger partial charge in [-0.25, -0.2) is 14.8 Å². The van der Waals surface area contributed by atoms with Crippen molar-refractivity contribution in [1.29, 1.82) is 0 Å². The fourth-order valence-corrected chi connectivity index (χ4v) is 1.14. The third-order valence-electron chi connectivity index (χ3n) is 2.31. The van der Waals surface area contributed by atoms with Crippen molar-refractivity contribution in [3.8, 4) is 5.88 Å². The lowest BCUT2D eigenvalue weighted by molar-refractivity contribution is -0.192. The highest BCUT2D eigenvalue weighted by atomic mass is 19.4. The van der Waals surface area contributed by atoms with E-state index in [-0.39, 0.29) is 18.3 Å². The van der Waals surface area contributed by atoms with E-state index in [1.807, 2.05) is 5.32 Å². The number of rotatable bonds is 5. The quantitative estimate of drug-likeness (QED) is 0.853. The second-order valence-corrected chi connectivity index (χ2v) is 3.73. The van der Waals surface area contributed by atoms with Crippen LogP contribution in [0.25, 0.3) is 0 Å². The van der Waals surface area contributed by atoms with Gasteiger partial charge in [0.05, 0.1) is 6.61 Å².